The van der Waals surface area contributed by atoms with Gasteiger partial charge in [-0.05, 0) is 38.5 Å². The number of carbonyl (C=O) groups is 1. The minimum Gasteiger partial charge on any atom is -0.381 e. The summed E-state index contributed by atoms with van der Waals surface area (Å²) in [6.45, 7) is 2.12. The fourth-order valence-corrected chi connectivity index (χ4v) is 3.88. The van der Waals surface area contributed by atoms with Gasteiger partial charge in [0.25, 0.3) is 0 Å². The number of piperidine rings is 1. The third kappa shape index (κ3) is 4.57. The standard InChI is InChI=1S/C16H28N2O3.ClH/c1-18(14-10-12-2-3-13(11-14)17-12)16(19)6-9-21-15-4-7-20-8-5-15;/h12-15,17H,2-11H2,1H3;1H. The zero-order valence-electron chi connectivity index (χ0n) is 13.5. The van der Waals surface area contributed by atoms with Crippen LogP contribution in [0.25, 0.3) is 0 Å². The number of halogens is 1. The molecule has 0 radical (unpaired) electrons. The van der Waals surface area contributed by atoms with Crippen LogP contribution in [-0.2, 0) is 14.3 Å². The summed E-state index contributed by atoms with van der Waals surface area (Å²) in [5.41, 5.74) is 0. The van der Waals surface area contributed by atoms with Crippen LogP contribution in [0, 0.1) is 0 Å². The molecule has 3 fully saturated rings. The van der Waals surface area contributed by atoms with Gasteiger partial charge in [0.2, 0.25) is 5.91 Å². The van der Waals surface area contributed by atoms with Gasteiger partial charge in [-0.3, -0.25) is 4.79 Å². The normalized spacial score (nSPS) is 31.6. The Morgan fingerprint density at radius 1 is 1.18 bits per heavy atom. The Hall–Kier alpha value is -0.360. The Morgan fingerprint density at radius 3 is 2.45 bits per heavy atom. The first kappa shape index (κ1) is 18.0. The Kier molecular flexibility index (Phi) is 6.93. The first-order chi connectivity index (χ1) is 10.2. The smallest absolute Gasteiger partial charge is 0.224 e. The summed E-state index contributed by atoms with van der Waals surface area (Å²) in [6, 6.07) is 1.67. The number of carbonyl (C=O) groups excluding carboxylic acids is 1. The molecule has 2 unspecified atom stereocenters. The van der Waals surface area contributed by atoms with Gasteiger partial charge in [-0.15, -0.1) is 12.4 Å². The van der Waals surface area contributed by atoms with Crippen LogP contribution < -0.4 is 5.32 Å². The summed E-state index contributed by atoms with van der Waals surface area (Å²) in [7, 11) is 1.96. The maximum Gasteiger partial charge on any atom is 0.224 e. The van der Waals surface area contributed by atoms with Crippen LogP contribution in [0.3, 0.4) is 0 Å². The third-order valence-corrected chi connectivity index (χ3v) is 5.23. The molecule has 5 nitrogen and oxygen atoms in total. The van der Waals surface area contributed by atoms with E-state index in [1.807, 2.05) is 11.9 Å². The van der Waals surface area contributed by atoms with E-state index in [1.165, 1.54) is 12.8 Å². The predicted octanol–water partition coefficient (Wildman–Crippen LogP) is 1.74. The van der Waals surface area contributed by atoms with E-state index in [2.05, 4.69) is 5.32 Å². The predicted molar refractivity (Wildman–Crippen MR) is 87.4 cm³/mol. The summed E-state index contributed by atoms with van der Waals surface area (Å²) < 4.78 is 11.1. The summed E-state index contributed by atoms with van der Waals surface area (Å²) in [5, 5.41) is 3.63. The lowest BCUT2D eigenvalue weighted by Gasteiger charge is -2.35. The second-order valence-electron chi connectivity index (χ2n) is 6.70. The highest BCUT2D eigenvalue weighted by Gasteiger charge is 2.36. The van der Waals surface area contributed by atoms with Crippen LogP contribution in [0.1, 0.15) is 44.9 Å². The van der Waals surface area contributed by atoms with E-state index < -0.39 is 0 Å². The summed E-state index contributed by atoms with van der Waals surface area (Å²) in [5.74, 6) is 0.230. The Bertz CT molecular complexity index is 351. The minimum atomic E-state index is 0. The van der Waals surface area contributed by atoms with Crippen molar-refractivity contribution >= 4 is 18.3 Å². The van der Waals surface area contributed by atoms with E-state index in [9.17, 15) is 4.79 Å². The highest BCUT2D eigenvalue weighted by atomic mass is 35.5. The number of rotatable bonds is 5. The molecule has 6 heteroatoms. The lowest BCUT2D eigenvalue weighted by atomic mass is 9.98. The van der Waals surface area contributed by atoms with Gasteiger partial charge in [-0.2, -0.15) is 0 Å². The van der Waals surface area contributed by atoms with Crippen LogP contribution in [0.4, 0.5) is 0 Å². The molecule has 2 bridgehead atoms. The van der Waals surface area contributed by atoms with E-state index in [-0.39, 0.29) is 24.4 Å². The SMILES string of the molecule is CN(C(=O)CCOC1CCOCC1)C1CC2CCC(C1)N2.Cl. The van der Waals surface area contributed by atoms with E-state index in [0.717, 1.165) is 38.9 Å². The first-order valence-electron chi connectivity index (χ1n) is 8.43. The summed E-state index contributed by atoms with van der Waals surface area (Å²) in [6.07, 6.45) is 7.48. The molecule has 1 amide bonds. The molecule has 0 saturated carbocycles. The number of ether oxygens (including phenoxy) is 2. The fourth-order valence-electron chi connectivity index (χ4n) is 3.88. The molecule has 0 aromatic rings. The van der Waals surface area contributed by atoms with Crippen molar-refractivity contribution in [2.45, 2.75) is 69.2 Å². The van der Waals surface area contributed by atoms with Gasteiger partial charge in [0.05, 0.1) is 19.1 Å². The average molecular weight is 333 g/mol. The van der Waals surface area contributed by atoms with Crippen LogP contribution in [0.5, 0.6) is 0 Å². The number of nitrogens with zero attached hydrogens (tertiary/aromatic N) is 1. The maximum atomic E-state index is 12.3. The van der Waals surface area contributed by atoms with E-state index >= 15 is 0 Å². The Morgan fingerprint density at radius 2 is 1.82 bits per heavy atom. The zero-order chi connectivity index (χ0) is 14.7. The second-order valence-corrected chi connectivity index (χ2v) is 6.70. The van der Waals surface area contributed by atoms with Crippen molar-refractivity contribution in [3.05, 3.63) is 0 Å². The maximum absolute atomic E-state index is 12.3. The van der Waals surface area contributed by atoms with E-state index in [0.29, 0.717) is 31.2 Å². The lowest BCUT2D eigenvalue weighted by molar-refractivity contribution is -0.134. The number of hydrogen-bond donors (Lipinski definition) is 1. The molecule has 0 spiro atoms. The van der Waals surface area contributed by atoms with E-state index in [4.69, 9.17) is 9.47 Å². The van der Waals surface area contributed by atoms with E-state index in [1.54, 1.807) is 0 Å². The summed E-state index contributed by atoms with van der Waals surface area (Å²) in [4.78, 5) is 14.3. The van der Waals surface area contributed by atoms with Crippen molar-refractivity contribution in [1.82, 2.24) is 10.2 Å². The molecule has 3 aliphatic heterocycles. The quantitative estimate of drug-likeness (QED) is 0.833. The van der Waals surface area contributed by atoms with Crippen LogP contribution in [0.2, 0.25) is 0 Å². The summed E-state index contributed by atoms with van der Waals surface area (Å²) >= 11 is 0. The van der Waals surface area contributed by atoms with Crippen molar-refractivity contribution in [1.29, 1.82) is 0 Å². The molecule has 3 aliphatic rings. The fraction of sp³-hybridized carbons (Fsp3) is 0.938. The molecule has 3 heterocycles. The monoisotopic (exact) mass is 332 g/mol. The zero-order valence-corrected chi connectivity index (χ0v) is 14.3. The Labute approximate surface area is 139 Å². The van der Waals surface area contributed by atoms with Gasteiger partial charge in [0, 0.05) is 38.4 Å². The number of fused-ring (bicyclic) bond motifs is 2. The molecule has 128 valence electrons. The number of amides is 1. The first-order valence-corrected chi connectivity index (χ1v) is 8.43. The molecule has 0 aromatic heterocycles. The highest BCUT2D eigenvalue weighted by molar-refractivity contribution is 5.85. The molecule has 2 atom stereocenters. The van der Waals surface area contributed by atoms with Gasteiger partial charge < -0.3 is 19.7 Å². The topological polar surface area (TPSA) is 50.8 Å². The van der Waals surface area contributed by atoms with Crippen molar-refractivity contribution in [2.75, 3.05) is 26.9 Å². The van der Waals surface area contributed by atoms with Crippen molar-refractivity contribution < 1.29 is 14.3 Å². The minimum absolute atomic E-state index is 0. The molecular weight excluding hydrogens is 304 g/mol. The lowest BCUT2D eigenvalue weighted by Crippen LogP contribution is -2.48. The number of nitrogens with one attached hydrogen (secondary N) is 1. The molecule has 0 aromatic carbocycles. The van der Waals surface area contributed by atoms with Gasteiger partial charge in [-0.25, -0.2) is 0 Å². The largest absolute Gasteiger partial charge is 0.381 e. The van der Waals surface area contributed by atoms with Gasteiger partial charge in [0.1, 0.15) is 0 Å². The molecular formula is C16H29ClN2O3. The number of hydrogen-bond acceptors (Lipinski definition) is 4. The van der Waals surface area contributed by atoms with Crippen molar-refractivity contribution in [3.8, 4) is 0 Å². The van der Waals surface area contributed by atoms with Gasteiger partial charge >= 0.3 is 0 Å². The second kappa shape index (κ2) is 8.48. The average Bonchev–Trinajstić information content (AvgIpc) is 2.85. The molecule has 1 N–H and O–H groups in total. The molecule has 3 saturated heterocycles. The Balaban J connectivity index is 0.00000176. The third-order valence-electron chi connectivity index (χ3n) is 5.23. The van der Waals surface area contributed by atoms with Crippen molar-refractivity contribution in [3.63, 3.8) is 0 Å². The van der Waals surface area contributed by atoms with Gasteiger partial charge in [-0.1, -0.05) is 0 Å². The van der Waals surface area contributed by atoms with Crippen LogP contribution in [0.15, 0.2) is 0 Å². The molecule has 3 rings (SSSR count). The van der Waals surface area contributed by atoms with Gasteiger partial charge in [0.15, 0.2) is 0 Å². The van der Waals surface area contributed by atoms with Crippen LogP contribution in [-0.4, -0.2) is 61.9 Å². The van der Waals surface area contributed by atoms with Crippen molar-refractivity contribution in [2.24, 2.45) is 0 Å². The molecule has 0 aliphatic carbocycles. The van der Waals surface area contributed by atoms with Crippen LogP contribution >= 0.6 is 12.4 Å². The molecule has 22 heavy (non-hydrogen) atoms. The highest BCUT2D eigenvalue weighted by Crippen LogP contribution is 2.29.